The highest BCUT2D eigenvalue weighted by molar-refractivity contribution is 5.96. The first kappa shape index (κ1) is 18.4. The minimum absolute atomic E-state index is 0.317. The van der Waals surface area contributed by atoms with Gasteiger partial charge < -0.3 is 15.4 Å². The number of pyridine rings is 1. The Morgan fingerprint density at radius 1 is 1.00 bits per heavy atom. The number of anilines is 1. The van der Waals surface area contributed by atoms with Crippen LogP contribution >= 0.6 is 0 Å². The fourth-order valence-electron chi connectivity index (χ4n) is 2.09. The van der Waals surface area contributed by atoms with Gasteiger partial charge in [-0.2, -0.15) is 0 Å². The van der Waals surface area contributed by atoms with Crippen molar-refractivity contribution >= 4 is 17.7 Å². The van der Waals surface area contributed by atoms with Crippen LogP contribution in [0.1, 0.15) is 27.7 Å². The second kappa shape index (κ2) is 7.79. The Kier molecular flexibility index (Phi) is 5.75. The van der Waals surface area contributed by atoms with E-state index >= 15 is 0 Å². The fourth-order valence-corrected chi connectivity index (χ4v) is 2.09. The Morgan fingerprint density at radius 3 is 2.12 bits per heavy atom. The first-order valence-electron chi connectivity index (χ1n) is 8.05. The average Bonchev–Trinajstić information content (AvgIpc) is 2.54. The molecule has 0 unspecified atom stereocenters. The van der Waals surface area contributed by atoms with Gasteiger partial charge >= 0.3 is 6.09 Å². The third-order valence-corrected chi connectivity index (χ3v) is 3.29. The molecule has 2 rings (SSSR count). The van der Waals surface area contributed by atoms with Gasteiger partial charge in [0, 0.05) is 18.1 Å². The lowest BCUT2D eigenvalue weighted by molar-refractivity contribution is -0.117. The van der Waals surface area contributed by atoms with E-state index in [0.29, 0.717) is 5.69 Å². The summed E-state index contributed by atoms with van der Waals surface area (Å²) in [6, 6.07) is 10.6. The van der Waals surface area contributed by atoms with Crippen molar-refractivity contribution < 1.29 is 14.3 Å². The molecule has 1 aromatic carbocycles. The molecule has 2 aromatic rings. The second-order valence-corrected chi connectivity index (χ2v) is 6.67. The lowest BCUT2D eigenvalue weighted by Gasteiger charge is -2.21. The second-order valence-electron chi connectivity index (χ2n) is 6.67. The van der Waals surface area contributed by atoms with Crippen LogP contribution in [-0.2, 0) is 9.53 Å². The van der Waals surface area contributed by atoms with Crippen LogP contribution in [0, 0.1) is 0 Å². The van der Waals surface area contributed by atoms with Gasteiger partial charge in [0.1, 0.15) is 11.6 Å². The van der Waals surface area contributed by atoms with Gasteiger partial charge in [0.2, 0.25) is 5.91 Å². The lowest BCUT2D eigenvalue weighted by Crippen LogP contribution is -2.43. The molecule has 0 bridgehead atoms. The van der Waals surface area contributed by atoms with Crippen LogP contribution in [0.15, 0.2) is 48.8 Å². The van der Waals surface area contributed by atoms with E-state index in [1.807, 2.05) is 36.4 Å². The molecule has 1 heterocycles. The first-order chi connectivity index (χ1) is 11.7. The number of aromatic nitrogens is 1. The minimum Gasteiger partial charge on any atom is -0.444 e. The Balaban J connectivity index is 1.93. The van der Waals surface area contributed by atoms with Gasteiger partial charge in [-0.25, -0.2) is 4.79 Å². The van der Waals surface area contributed by atoms with Crippen molar-refractivity contribution in [1.29, 1.82) is 0 Å². The molecule has 1 atom stereocenters. The topological polar surface area (TPSA) is 80.3 Å². The monoisotopic (exact) mass is 341 g/mol. The summed E-state index contributed by atoms with van der Waals surface area (Å²) in [5.41, 5.74) is 2.12. The van der Waals surface area contributed by atoms with Gasteiger partial charge in [-0.3, -0.25) is 9.78 Å². The van der Waals surface area contributed by atoms with E-state index in [2.05, 4.69) is 15.6 Å². The Morgan fingerprint density at radius 2 is 1.56 bits per heavy atom. The molecule has 0 fully saturated rings. The molecule has 2 amide bonds. The molecule has 0 aliphatic rings. The molecule has 0 spiro atoms. The average molecular weight is 341 g/mol. The van der Waals surface area contributed by atoms with Gasteiger partial charge in [-0.1, -0.05) is 12.1 Å². The predicted octanol–water partition coefficient (Wildman–Crippen LogP) is 3.60. The van der Waals surface area contributed by atoms with Crippen molar-refractivity contribution in [3.05, 3.63) is 48.8 Å². The molecule has 2 N–H and O–H groups in total. The number of hydrogen-bond donors (Lipinski definition) is 2. The Bertz CT molecular complexity index is 722. The molecule has 0 aliphatic carbocycles. The predicted molar refractivity (Wildman–Crippen MR) is 97.1 cm³/mol. The van der Waals surface area contributed by atoms with Crippen LogP contribution in [-0.4, -0.2) is 28.6 Å². The van der Waals surface area contributed by atoms with E-state index in [9.17, 15) is 9.59 Å². The molecule has 0 radical (unpaired) electrons. The van der Waals surface area contributed by atoms with Gasteiger partial charge in [0.15, 0.2) is 0 Å². The highest BCUT2D eigenvalue weighted by atomic mass is 16.6. The molecule has 0 saturated carbocycles. The number of ether oxygens (including phenoxy) is 1. The Hall–Kier alpha value is -2.89. The van der Waals surface area contributed by atoms with Crippen LogP contribution in [0.25, 0.3) is 11.1 Å². The lowest BCUT2D eigenvalue weighted by atomic mass is 10.1. The van der Waals surface area contributed by atoms with Gasteiger partial charge in [-0.15, -0.1) is 0 Å². The molecule has 1 aromatic heterocycles. The number of nitrogens with one attached hydrogen (secondary N) is 2. The van der Waals surface area contributed by atoms with Crippen LogP contribution in [0.2, 0.25) is 0 Å². The molecular formula is C19H23N3O3. The standard InChI is InChI=1S/C19H23N3O3/c1-13(21-18(24)25-19(2,3)4)17(23)22-16-7-5-14(6-8-16)15-9-11-20-12-10-15/h5-13H,1-4H3,(H,21,24)(H,22,23)/t13-/m1/s1. The number of benzene rings is 1. The summed E-state index contributed by atoms with van der Waals surface area (Å²) >= 11 is 0. The van der Waals surface area contributed by atoms with Gasteiger partial charge in [0.05, 0.1) is 0 Å². The zero-order valence-corrected chi connectivity index (χ0v) is 14.9. The number of rotatable bonds is 4. The van der Waals surface area contributed by atoms with Crippen molar-refractivity contribution in [2.45, 2.75) is 39.3 Å². The summed E-state index contributed by atoms with van der Waals surface area (Å²) in [6.07, 6.45) is 2.84. The number of nitrogens with zero attached hydrogens (tertiary/aromatic N) is 1. The third-order valence-electron chi connectivity index (χ3n) is 3.29. The largest absolute Gasteiger partial charge is 0.444 e. The number of carbonyl (C=O) groups excluding carboxylic acids is 2. The number of carbonyl (C=O) groups is 2. The van der Waals surface area contributed by atoms with Crippen LogP contribution in [0.3, 0.4) is 0 Å². The van der Waals surface area contributed by atoms with Crippen molar-refractivity contribution in [2.24, 2.45) is 0 Å². The van der Waals surface area contributed by atoms with Gasteiger partial charge in [-0.05, 0) is 63.1 Å². The van der Waals surface area contributed by atoms with E-state index in [1.54, 1.807) is 40.1 Å². The summed E-state index contributed by atoms with van der Waals surface area (Å²) in [4.78, 5) is 27.9. The molecule has 6 heteroatoms. The summed E-state index contributed by atoms with van der Waals surface area (Å²) in [5, 5.41) is 5.28. The maximum atomic E-state index is 12.2. The van der Waals surface area contributed by atoms with Crippen LogP contribution in [0.4, 0.5) is 10.5 Å². The molecular weight excluding hydrogens is 318 g/mol. The molecule has 0 aliphatic heterocycles. The van der Waals surface area contributed by atoms with E-state index < -0.39 is 17.7 Å². The van der Waals surface area contributed by atoms with Crippen LogP contribution in [0.5, 0.6) is 0 Å². The Labute approximate surface area is 147 Å². The first-order valence-corrected chi connectivity index (χ1v) is 8.05. The fraction of sp³-hybridized carbons (Fsp3) is 0.316. The quantitative estimate of drug-likeness (QED) is 0.890. The zero-order valence-electron chi connectivity index (χ0n) is 14.9. The normalized spacial score (nSPS) is 12.2. The molecule has 25 heavy (non-hydrogen) atoms. The smallest absolute Gasteiger partial charge is 0.408 e. The molecule has 132 valence electrons. The highest BCUT2D eigenvalue weighted by Gasteiger charge is 2.21. The summed E-state index contributed by atoms with van der Waals surface area (Å²) < 4.78 is 5.14. The maximum absolute atomic E-state index is 12.2. The zero-order chi connectivity index (χ0) is 18.4. The van der Waals surface area contributed by atoms with Gasteiger partial charge in [0.25, 0.3) is 0 Å². The molecule has 6 nitrogen and oxygen atoms in total. The summed E-state index contributed by atoms with van der Waals surface area (Å²) in [7, 11) is 0. The van der Waals surface area contributed by atoms with E-state index in [0.717, 1.165) is 11.1 Å². The molecule has 0 saturated heterocycles. The van der Waals surface area contributed by atoms with Crippen molar-refractivity contribution in [3.8, 4) is 11.1 Å². The SMILES string of the molecule is C[C@@H](NC(=O)OC(C)(C)C)C(=O)Nc1ccc(-c2ccncc2)cc1. The van der Waals surface area contributed by atoms with E-state index in [4.69, 9.17) is 4.74 Å². The summed E-state index contributed by atoms with van der Waals surface area (Å²) in [5.74, 6) is -0.317. The van der Waals surface area contributed by atoms with Crippen molar-refractivity contribution in [1.82, 2.24) is 10.3 Å². The maximum Gasteiger partial charge on any atom is 0.408 e. The number of hydrogen-bond acceptors (Lipinski definition) is 4. The van der Waals surface area contributed by atoms with E-state index in [1.165, 1.54) is 0 Å². The number of alkyl carbamates (subject to hydrolysis) is 1. The van der Waals surface area contributed by atoms with Crippen molar-refractivity contribution in [2.75, 3.05) is 5.32 Å². The summed E-state index contributed by atoms with van der Waals surface area (Å²) in [6.45, 7) is 6.90. The van der Waals surface area contributed by atoms with Crippen LogP contribution < -0.4 is 10.6 Å². The minimum atomic E-state index is -0.713. The van der Waals surface area contributed by atoms with Crippen molar-refractivity contribution in [3.63, 3.8) is 0 Å². The number of amides is 2. The van der Waals surface area contributed by atoms with E-state index in [-0.39, 0.29) is 5.91 Å². The highest BCUT2D eigenvalue weighted by Crippen LogP contribution is 2.20. The third kappa shape index (κ3) is 5.91.